The Morgan fingerprint density at radius 1 is 1.12 bits per heavy atom. The number of carbonyl (C=O) groups is 1. The number of hydrogen-bond donors (Lipinski definition) is 2. The second kappa shape index (κ2) is 8.65. The van der Waals surface area contributed by atoms with Crippen molar-refractivity contribution in [2.45, 2.75) is 11.3 Å². The first-order chi connectivity index (χ1) is 15.2. The molecule has 0 radical (unpaired) electrons. The van der Waals surface area contributed by atoms with Crippen LogP contribution in [0.15, 0.2) is 57.9 Å². The molecule has 3 aromatic rings. The van der Waals surface area contributed by atoms with Crippen molar-refractivity contribution in [2.24, 2.45) is 0 Å². The van der Waals surface area contributed by atoms with Gasteiger partial charge in [0, 0.05) is 10.9 Å². The van der Waals surface area contributed by atoms with Crippen molar-refractivity contribution in [2.75, 3.05) is 18.4 Å². The number of carbonyl (C=O) groups excluding carboxylic acids is 1. The molecule has 2 N–H and O–H groups in total. The lowest BCUT2D eigenvalue weighted by Gasteiger charge is -2.17. The Bertz CT molecular complexity index is 1340. The van der Waals surface area contributed by atoms with Crippen molar-refractivity contribution in [3.63, 3.8) is 0 Å². The summed E-state index contributed by atoms with van der Waals surface area (Å²) < 4.78 is 40.2. The zero-order chi connectivity index (χ0) is 23.0. The SMILES string of the molecule is COc1ccc2cc1NS(=O)(=O)c1cc(cc(Cl)c1O)C(=O)OCCc1ccc(Br)cc1-2. The van der Waals surface area contributed by atoms with E-state index in [0.29, 0.717) is 6.42 Å². The summed E-state index contributed by atoms with van der Waals surface area (Å²) in [7, 11) is -2.93. The van der Waals surface area contributed by atoms with Gasteiger partial charge in [-0.25, -0.2) is 13.2 Å². The van der Waals surface area contributed by atoms with E-state index in [4.69, 9.17) is 21.1 Å². The molecule has 4 rings (SSSR count). The highest BCUT2D eigenvalue weighted by Gasteiger charge is 2.26. The van der Waals surface area contributed by atoms with E-state index >= 15 is 0 Å². The molecule has 0 fully saturated rings. The average molecular weight is 539 g/mol. The first-order valence-electron chi connectivity index (χ1n) is 9.39. The molecule has 1 heterocycles. The molecule has 0 atom stereocenters. The summed E-state index contributed by atoms with van der Waals surface area (Å²) in [6.45, 7) is 0.0648. The van der Waals surface area contributed by atoms with Crippen molar-refractivity contribution >= 4 is 49.2 Å². The highest BCUT2D eigenvalue weighted by atomic mass is 79.9. The minimum atomic E-state index is -4.34. The fourth-order valence-electron chi connectivity index (χ4n) is 3.42. The van der Waals surface area contributed by atoms with Crippen LogP contribution in [0, 0.1) is 0 Å². The minimum absolute atomic E-state index is 0.0648. The largest absolute Gasteiger partial charge is 0.505 e. The van der Waals surface area contributed by atoms with E-state index in [1.807, 2.05) is 18.2 Å². The lowest BCUT2D eigenvalue weighted by atomic mass is 9.97. The molecular formula is C22H17BrClNO6S. The van der Waals surface area contributed by atoms with E-state index in [1.54, 1.807) is 18.2 Å². The smallest absolute Gasteiger partial charge is 0.338 e. The number of ether oxygens (including phenoxy) is 2. The summed E-state index contributed by atoms with van der Waals surface area (Å²) in [5, 5.41) is 10.0. The van der Waals surface area contributed by atoms with Crippen LogP contribution in [0.25, 0.3) is 11.1 Å². The average Bonchev–Trinajstić information content (AvgIpc) is 2.75. The van der Waals surface area contributed by atoms with E-state index in [0.717, 1.165) is 33.3 Å². The number of rotatable bonds is 1. The third-order valence-corrected chi connectivity index (χ3v) is 7.15. The third kappa shape index (κ3) is 4.28. The molecule has 7 nitrogen and oxygen atoms in total. The number of methoxy groups -OCH3 is 1. The number of hydrogen-bond acceptors (Lipinski definition) is 6. The summed E-state index contributed by atoms with van der Waals surface area (Å²) >= 11 is 9.47. The number of cyclic esters (lactones) is 1. The van der Waals surface area contributed by atoms with Gasteiger partial charge in [0.25, 0.3) is 10.0 Å². The van der Waals surface area contributed by atoms with Crippen LogP contribution in [0.5, 0.6) is 11.5 Å². The number of nitrogens with one attached hydrogen (secondary N) is 1. The molecule has 1 aliphatic rings. The van der Waals surface area contributed by atoms with E-state index in [-0.39, 0.29) is 28.6 Å². The Labute approximate surface area is 198 Å². The van der Waals surface area contributed by atoms with Crippen molar-refractivity contribution in [3.8, 4) is 22.6 Å². The van der Waals surface area contributed by atoms with Crippen LogP contribution in [-0.2, 0) is 21.2 Å². The molecule has 32 heavy (non-hydrogen) atoms. The molecule has 3 aromatic carbocycles. The van der Waals surface area contributed by atoms with Crippen molar-refractivity contribution in [3.05, 3.63) is 69.2 Å². The molecule has 0 unspecified atom stereocenters. The second-order valence-corrected chi connectivity index (χ2v) is 9.99. The fraction of sp³-hybridized carbons (Fsp3) is 0.136. The molecule has 0 saturated heterocycles. The van der Waals surface area contributed by atoms with Gasteiger partial charge in [0.15, 0.2) is 5.75 Å². The highest BCUT2D eigenvalue weighted by Crippen LogP contribution is 2.38. The van der Waals surface area contributed by atoms with E-state index in [2.05, 4.69) is 20.7 Å². The van der Waals surface area contributed by atoms with Crippen LogP contribution in [-0.4, -0.2) is 33.2 Å². The van der Waals surface area contributed by atoms with Crippen LogP contribution in [0.3, 0.4) is 0 Å². The minimum Gasteiger partial charge on any atom is -0.505 e. The Balaban J connectivity index is 1.96. The predicted octanol–water partition coefficient (Wildman–Crippen LogP) is 5.00. The molecule has 0 spiro atoms. The zero-order valence-electron chi connectivity index (χ0n) is 16.7. The predicted molar refractivity (Wildman–Crippen MR) is 124 cm³/mol. The van der Waals surface area contributed by atoms with Crippen molar-refractivity contribution in [1.82, 2.24) is 0 Å². The van der Waals surface area contributed by atoms with Gasteiger partial charge in [0.2, 0.25) is 0 Å². The first-order valence-corrected chi connectivity index (χ1v) is 12.0. The van der Waals surface area contributed by atoms with Crippen LogP contribution in [0.2, 0.25) is 5.02 Å². The van der Waals surface area contributed by atoms with Crippen LogP contribution < -0.4 is 9.46 Å². The number of phenolic OH excluding ortho intramolecular Hbond substituents is 1. The molecule has 10 heteroatoms. The molecule has 0 saturated carbocycles. The van der Waals surface area contributed by atoms with Gasteiger partial charge in [0.1, 0.15) is 10.6 Å². The van der Waals surface area contributed by atoms with Crippen molar-refractivity contribution < 1.29 is 27.8 Å². The number of fused-ring (bicyclic) bond motifs is 6. The number of benzene rings is 3. The van der Waals surface area contributed by atoms with Crippen molar-refractivity contribution in [1.29, 1.82) is 0 Å². The summed E-state index contributed by atoms with van der Waals surface area (Å²) in [5.74, 6) is -1.15. The maximum absolute atomic E-state index is 13.1. The topological polar surface area (TPSA) is 102 Å². The number of anilines is 1. The Hall–Kier alpha value is -2.75. The van der Waals surface area contributed by atoms with E-state index in [9.17, 15) is 18.3 Å². The van der Waals surface area contributed by atoms with Crippen LogP contribution in [0.1, 0.15) is 15.9 Å². The Kier molecular flexibility index (Phi) is 6.07. The Morgan fingerprint density at radius 3 is 2.66 bits per heavy atom. The lowest BCUT2D eigenvalue weighted by molar-refractivity contribution is 0.0509. The summed E-state index contributed by atoms with van der Waals surface area (Å²) in [6, 6.07) is 13.0. The van der Waals surface area contributed by atoms with Gasteiger partial charge in [-0.05, 0) is 53.1 Å². The maximum Gasteiger partial charge on any atom is 0.338 e. The normalized spacial score (nSPS) is 15.0. The molecule has 0 aromatic heterocycles. The second-order valence-electron chi connectivity index (χ2n) is 7.01. The summed E-state index contributed by atoms with van der Waals surface area (Å²) in [5.41, 5.74) is 2.53. The summed E-state index contributed by atoms with van der Waals surface area (Å²) in [6.07, 6.45) is 0.431. The van der Waals surface area contributed by atoms with Crippen LogP contribution >= 0.6 is 27.5 Å². The molecule has 0 aliphatic carbocycles. The zero-order valence-corrected chi connectivity index (χ0v) is 19.8. The third-order valence-electron chi connectivity index (χ3n) is 4.98. The molecule has 166 valence electrons. The standard InChI is InChI=1S/C22H17BrClNO6S/c1-30-19-5-3-13-9-18(19)25-32(28,29)20-10-14(8-17(24)21(20)26)22(27)31-7-6-12-2-4-15(23)11-16(12)13/h2-5,8-11,25-26H,6-7H2,1H3. The molecular weight excluding hydrogens is 522 g/mol. The quantitative estimate of drug-likeness (QED) is 0.423. The van der Waals surface area contributed by atoms with Gasteiger partial charge in [-0.15, -0.1) is 0 Å². The highest BCUT2D eigenvalue weighted by molar-refractivity contribution is 9.10. The van der Waals surface area contributed by atoms with Gasteiger partial charge in [-0.2, -0.15) is 0 Å². The monoisotopic (exact) mass is 537 g/mol. The van der Waals surface area contributed by atoms with E-state index in [1.165, 1.54) is 7.11 Å². The fourth-order valence-corrected chi connectivity index (χ4v) is 5.27. The number of aromatic hydroxyl groups is 1. The summed E-state index contributed by atoms with van der Waals surface area (Å²) in [4.78, 5) is 12.0. The lowest BCUT2D eigenvalue weighted by Crippen LogP contribution is -2.16. The van der Waals surface area contributed by atoms with Gasteiger partial charge in [-0.3, -0.25) is 4.72 Å². The van der Waals surface area contributed by atoms with Gasteiger partial charge < -0.3 is 14.6 Å². The Morgan fingerprint density at radius 2 is 1.91 bits per heavy atom. The van der Waals surface area contributed by atoms with E-state index < -0.39 is 26.6 Å². The van der Waals surface area contributed by atoms with Gasteiger partial charge in [-0.1, -0.05) is 39.7 Å². The number of sulfonamides is 1. The maximum atomic E-state index is 13.1. The molecule has 0 amide bonds. The number of halogens is 2. The molecule has 4 bridgehead atoms. The molecule has 1 aliphatic heterocycles. The number of phenols is 1. The van der Waals surface area contributed by atoms with Gasteiger partial charge >= 0.3 is 5.97 Å². The van der Waals surface area contributed by atoms with Gasteiger partial charge in [0.05, 0.1) is 30.0 Å². The number of esters is 1. The first kappa shape index (κ1) is 22.4. The van der Waals surface area contributed by atoms with Crippen LogP contribution in [0.4, 0.5) is 5.69 Å².